The van der Waals surface area contributed by atoms with Gasteiger partial charge in [-0.2, -0.15) is 0 Å². The molecule has 1 unspecified atom stereocenters. The minimum Gasteiger partial charge on any atom is -0.462 e. The molecule has 0 aromatic rings. The zero-order valence-corrected chi connectivity index (χ0v) is 49.6. The molecular weight excluding hydrogens is 925 g/mol. The minimum absolute atomic E-state index is 0.0814. The van der Waals surface area contributed by atoms with E-state index in [1.807, 2.05) is 0 Å². The van der Waals surface area contributed by atoms with Crippen LogP contribution in [0.3, 0.4) is 0 Å². The Balaban J connectivity index is 4.06. The van der Waals surface area contributed by atoms with Gasteiger partial charge >= 0.3 is 17.9 Å². The molecule has 0 aliphatic carbocycles. The number of allylic oxidation sites excluding steroid dienone is 14. The number of carbonyl (C=O) groups excluding carboxylic acids is 3. The fourth-order valence-corrected chi connectivity index (χ4v) is 9.04. The molecule has 0 bridgehead atoms. The highest BCUT2D eigenvalue weighted by Crippen LogP contribution is 2.17. The molecule has 0 spiro atoms. The summed E-state index contributed by atoms with van der Waals surface area (Å²) in [6.45, 7) is 6.43. The fraction of sp³-hybridized carbons (Fsp3) is 0.754. The van der Waals surface area contributed by atoms with Crippen LogP contribution in [0.1, 0.15) is 316 Å². The first-order valence-corrected chi connectivity index (χ1v) is 32.1. The molecule has 75 heavy (non-hydrogen) atoms. The van der Waals surface area contributed by atoms with Gasteiger partial charge in [0.15, 0.2) is 6.10 Å². The predicted molar refractivity (Wildman–Crippen MR) is 325 cm³/mol. The van der Waals surface area contributed by atoms with Crippen molar-refractivity contribution in [1.82, 2.24) is 0 Å². The highest BCUT2D eigenvalue weighted by Gasteiger charge is 2.19. The molecule has 6 heteroatoms. The topological polar surface area (TPSA) is 78.9 Å². The second-order valence-corrected chi connectivity index (χ2v) is 21.3. The monoisotopic (exact) mass is 1040 g/mol. The van der Waals surface area contributed by atoms with E-state index in [0.717, 1.165) is 122 Å². The largest absolute Gasteiger partial charge is 0.462 e. The second-order valence-electron chi connectivity index (χ2n) is 21.3. The van der Waals surface area contributed by atoms with Crippen molar-refractivity contribution in [2.45, 2.75) is 322 Å². The third-order valence-electron chi connectivity index (χ3n) is 13.8. The Labute approximate surface area is 465 Å². The van der Waals surface area contributed by atoms with Crippen molar-refractivity contribution < 1.29 is 28.6 Å². The number of hydrogen-bond donors (Lipinski definition) is 0. The van der Waals surface area contributed by atoms with Crippen molar-refractivity contribution in [2.75, 3.05) is 13.2 Å². The maximum atomic E-state index is 12.8. The molecule has 0 aromatic carbocycles. The smallest absolute Gasteiger partial charge is 0.306 e. The van der Waals surface area contributed by atoms with Crippen molar-refractivity contribution in [2.24, 2.45) is 0 Å². The summed E-state index contributed by atoms with van der Waals surface area (Å²) in [5.74, 6) is -0.895. The quantitative estimate of drug-likeness (QED) is 0.0261. The zero-order chi connectivity index (χ0) is 54.3. The van der Waals surface area contributed by atoms with E-state index in [4.69, 9.17) is 14.2 Å². The van der Waals surface area contributed by atoms with Crippen molar-refractivity contribution in [3.63, 3.8) is 0 Å². The highest BCUT2D eigenvalue weighted by atomic mass is 16.6. The van der Waals surface area contributed by atoms with Gasteiger partial charge in [-0.15, -0.1) is 0 Å². The van der Waals surface area contributed by atoms with Gasteiger partial charge in [0, 0.05) is 19.3 Å². The van der Waals surface area contributed by atoms with E-state index in [2.05, 4.69) is 106 Å². The molecular formula is C69H120O6. The summed E-state index contributed by atoms with van der Waals surface area (Å²) in [5, 5.41) is 0. The number of esters is 3. The van der Waals surface area contributed by atoms with Gasteiger partial charge in [0.2, 0.25) is 0 Å². The van der Waals surface area contributed by atoms with E-state index in [0.29, 0.717) is 19.3 Å². The van der Waals surface area contributed by atoms with Crippen LogP contribution in [-0.4, -0.2) is 37.2 Å². The molecule has 0 saturated carbocycles. The summed E-state index contributed by atoms with van der Waals surface area (Å²) in [7, 11) is 0. The van der Waals surface area contributed by atoms with E-state index in [1.54, 1.807) is 0 Å². The summed E-state index contributed by atoms with van der Waals surface area (Å²) >= 11 is 0. The van der Waals surface area contributed by atoms with Crippen LogP contribution in [0.25, 0.3) is 0 Å². The standard InChI is InChI=1S/C69H120O6/c1-4-7-10-13-16-19-22-24-25-26-27-28-29-30-31-32-33-34-35-36-37-38-39-40-41-42-43-45-47-50-53-56-59-62-68(71)74-65-66(64-73-67(70)61-58-55-52-49-46-21-18-15-12-9-6-3)75-69(72)63-60-57-54-51-48-44-23-20-17-14-11-8-5-2/h7,10-11,14-16,18-20,23-25,27-28,66H,4-6,8-9,12-13,17,21-22,26,29-65H2,1-3H3/b10-7-,14-11-,18-15-,19-16-,23-20-,25-24-,28-27-. The Morgan fingerprint density at radius 2 is 0.547 bits per heavy atom. The molecule has 0 saturated heterocycles. The summed E-state index contributed by atoms with van der Waals surface area (Å²) in [6, 6.07) is 0. The maximum Gasteiger partial charge on any atom is 0.306 e. The molecule has 0 aliphatic heterocycles. The van der Waals surface area contributed by atoms with E-state index >= 15 is 0 Å². The lowest BCUT2D eigenvalue weighted by atomic mass is 10.0. The lowest BCUT2D eigenvalue weighted by Crippen LogP contribution is -2.30. The molecule has 0 amide bonds. The van der Waals surface area contributed by atoms with Crippen LogP contribution in [0, 0.1) is 0 Å². The average molecular weight is 1050 g/mol. The van der Waals surface area contributed by atoms with Crippen LogP contribution >= 0.6 is 0 Å². The molecule has 0 radical (unpaired) electrons. The van der Waals surface area contributed by atoms with Crippen molar-refractivity contribution in [3.8, 4) is 0 Å². The molecule has 432 valence electrons. The average Bonchev–Trinajstić information content (AvgIpc) is 3.41. The number of unbranched alkanes of at least 4 members (excludes halogenated alkanes) is 33. The molecule has 1 atom stereocenters. The Kier molecular flexibility index (Phi) is 60.3. The van der Waals surface area contributed by atoms with E-state index < -0.39 is 6.10 Å². The number of hydrogen-bond acceptors (Lipinski definition) is 6. The first-order valence-electron chi connectivity index (χ1n) is 32.1. The van der Waals surface area contributed by atoms with Crippen LogP contribution in [0.4, 0.5) is 0 Å². The highest BCUT2D eigenvalue weighted by molar-refractivity contribution is 5.71. The number of ether oxygens (including phenoxy) is 3. The Bertz CT molecular complexity index is 1430. The van der Waals surface area contributed by atoms with Crippen molar-refractivity contribution in [1.29, 1.82) is 0 Å². The van der Waals surface area contributed by atoms with Crippen LogP contribution in [0.5, 0.6) is 0 Å². The van der Waals surface area contributed by atoms with Gasteiger partial charge in [-0.25, -0.2) is 0 Å². The van der Waals surface area contributed by atoms with Crippen LogP contribution < -0.4 is 0 Å². The summed E-state index contributed by atoms with van der Waals surface area (Å²) in [5.41, 5.74) is 0. The summed E-state index contributed by atoms with van der Waals surface area (Å²) in [6.07, 6.45) is 83.3. The maximum absolute atomic E-state index is 12.8. The van der Waals surface area contributed by atoms with Crippen molar-refractivity contribution in [3.05, 3.63) is 85.1 Å². The lowest BCUT2D eigenvalue weighted by molar-refractivity contribution is -0.167. The third kappa shape index (κ3) is 61.3. The third-order valence-corrected chi connectivity index (χ3v) is 13.8. The Morgan fingerprint density at radius 3 is 0.880 bits per heavy atom. The molecule has 0 rings (SSSR count). The fourth-order valence-electron chi connectivity index (χ4n) is 9.04. The number of carbonyl (C=O) groups is 3. The van der Waals surface area contributed by atoms with Gasteiger partial charge in [0.1, 0.15) is 13.2 Å². The molecule has 0 fully saturated rings. The van der Waals surface area contributed by atoms with Gasteiger partial charge in [0.05, 0.1) is 0 Å². The molecule has 6 nitrogen and oxygen atoms in total. The van der Waals surface area contributed by atoms with Gasteiger partial charge in [-0.05, 0) is 103 Å². The predicted octanol–water partition coefficient (Wildman–Crippen LogP) is 21.9. The normalized spacial score (nSPS) is 12.6. The zero-order valence-electron chi connectivity index (χ0n) is 49.6. The number of rotatable bonds is 58. The Morgan fingerprint density at radius 1 is 0.280 bits per heavy atom. The second kappa shape index (κ2) is 63.1. The minimum atomic E-state index is -0.784. The van der Waals surface area contributed by atoms with E-state index in [1.165, 1.54) is 154 Å². The van der Waals surface area contributed by atoms with Crippen LogP contribution in [-0.2, 0) is 28.6 Å². The van der Waals surface area contributed by atoms with Gasteiger partial charge in [-0.3, -0.25) is 14.4 Å². The molecule has 0 aliphatic rings. The first kappa shape index (κ1) is 71.6. The van der Waals surface area contributed by atoms with Gasteiger partial charge in [-0.1, -0.05) is 279 Å². The van der Waals surface area contributed by atoms with Crippen LogP contribution in [0.15, 0.2) is 85.1 Å². The summed E-state index contributed by atoms with van der Waals surface area (Å²) < 4.78 is 16.8. The lowest BCUT2D eigenvalue weighted by Gasteiger charge is -2.18. The molecule has 0 N–H and O–H groups in total. The Hall–Kier alpha value is -3.41. The molecule has 0 aromatic heterocycles. The summed E-state index contributed by atoms with van der Waals surface area (Å²) in [4.78, 5) is 38.1. The van der Waals surface area contributed by atoms with E-state index in [9.17, 15) is 14.4 Å². The molecule has 0 heterocycles. The van der Waals surface area contributed by atoms with E-state index in [-0.39, 0.29) is 31.1 Å². The van der Waals surface area contributed by atoms with Gasteiger partial charge in [0.25, 0.3) is 0 Å². The van der Waals surface area contributed by atoms with Crippen molar-refractivity contribution >= 4 is 17.9 Å². The van der Waals surface area contributed by atoms with Crippen LogP contribution in [0.2, 0.25) is 0 Å². The SMILES string of the molecule is CC/C=C\C/C=C\C/C=C\C/C=C\CCCCCCCCCCCCCCCCCCCCCCC(=O)OCC(COC(=O)CCCCCCC/C=C\CCCC)OC(=O)CCCCCCC/C=C\C/C=C\CCC. The first-order chi connectivity index (χ1) is 37.0. The van der Waals surface area contributed by atoms with Gasteiger partial charge < -0.3 is 14.2 Å².